The van der Waals surface area contributed by atoms with Crippen molar-refractivity contribution in [1.29, 1.82) is 0 Å². The van der Waals surface area contributed by atoms with Gasteiger partial charge in [0.1, 0.15) is 17.2 Å². The van der Waals surface area contributed by atoms with Gasteiger partial charge in [0.25, 0.3) is 6.35 Å². The predicted molar refractivity (Wildman–Crippen MR) is 128 cm³/mol. The van der Waals surface area contributed by atoms with Crippen LogP contribution in [-0.4, -0.2) is 52.4 Å². The van der Waals surface area contributed by atoms with Gasteiger partial charge in [-0.3, -0.25) is 5.32 Å². The number of quaternary nitrogens is 1. The molecule has 8 heteroatoms. The van der Waals surface area contributed by atoms with Crippen LogP contribution in [0.3, 0.4) is 0 Å². The van der Waals surface area contributed by atoms with Crippen molar-refractivity contribution < 1.29 is 23.5 Å². The van der Waals surface area contributed by atoms with E-state index in [9.17, 15) is 14.3 Å². The second kappa shape index (κ2) is 9.74. The summed E-state index contributed by atoms with van der Waals surface area (Å²) in [6, 6.07) is 15.6. The maximum Gasteiger partial charge on any atom is 0.422 e. The molecular weight excluding hydrogens is 435 g/mol. The molecule has 1 fully saturated rings. The summed E-state index contributed by atoms with van der Waals surface area (Å²) in [4.78, 5) is 14.8. The second-order valence-electron chi connectivity index (χ2n) is 9.48. The summed E-state index contributed by atoms with van der Waals surface area (Å²) < 4.78 is 19.5. The topological polar surface area (TPSA) is 73.8 Å². The largest absolute Gasteiger partial charge is 0.483 e. The van der Waals surface area contributed by atoms with E-state index >= 15 is 0 Å². The van der Waals surface area contributed by atoms with E-state index in [-0.39, 0.29) is 16.3 Å². The molecule has 1 aliphatic carbocycles. The SMILES string of the molecule is CC[N+]1(C)C(=O)NC(NC2=CC(C)(Oc3ccccc3)CCC2)N(Cc2ccc(F)cc2)C1O. The molecule has 0 saturated carbocycles. The molecule has 2 aromatic carbocycles. The Morgan fingerprint density at radius 1 is 1.24 bits per heavy atom. The first kappa shape index (κ1) is 24.2. The molecule has 1 heterocycles. The van der Waals surface area contributed by atoms with Gasteiger partial charge in [-0.25, -0.2) is 13.7 Å². The van der Waals surface area contributed by atoms with Crippen LogP contribution in [0.4, 0.5) is 9.18 Å². The van der Waals surface area contributed by atoms with Crippen molar-refractivity contribution in [2.45, 2.75) is 57.9 Å². The van der Waals surface area contributed by atoms with Crippen molar-refractivity contribution >= 4 is 6.03 Å². The van der Waals surface area contributed by atoms with Gasteiger partial charge in [0.2, 0.25) is 0 Å². The molecule has 2 aliphatic rings. The number of hydrogen-bond donors (Lipinski definition) is 3. The number of nitrogens with zero attached hydrogens (tertiary/aromatic N) is 2. The molecule has 0 bridgehead atoms. The molecule has 2 aromatic rings. The Kier molecular flexibility index (Phi) is 6.93. The van der Waals surface area contributed by atoms with Crippen molar-refractivity contribution in [2.75, 3.05) is 13.6 Å². The first-order valence-corrected chi connectivity index (χ1v) is 11.8. The number of para-hydroxylation sites is 1. The van der Waals surface area contributed by atoms with Crippen molar-refractivity contribution in [3.05, 3.63) is 77.8 Å². The number of halogens is 1. The Morgan fingerprint density at radius 2 is 1.94 bits per heavy atom. The van der Waals surface area contributed by atoms with Gasteiger partial charge >= 0.3 is 6.03 Å². The third-order valence-corrected chi connectivity index (χ3v) is 6.81. The minimum Gasteiger partial charge on any atom is -0.483 e. The number of aliphatic hydroxyl groups excluding tert-OH is 1. The lowest BCUT2D eigenvalue weighted by Gasteiger charge is -2.48. The number of carbonyl (C=O) groups is 1. The van der Waals surface area contributed by atoms with Crippen molar-refractivity contribution in [3.63, 3.8) is 0 Å². The van der Waals surface area contributed by atoms with Crippen LogP contribution < -0.4 is 15.4 Å². The van der Waals surface area contributed by atoms with Gasteiger partial charge < -0.3 is 15.2 Å². The number of ether oxygens (including phenoxy) is 1. The van der Waals surface area contributed by atoms with Crippen LogP contribution in [0.1, 0.15) is 38.7 Å². The lowest BCUT2D eigenvalue weighted by atomic mass is 9.90. The summed E-state index contributed by atoms with van der Waals surface area (Å²) in [5.41, 5.74) is 1.29. The van der Waals surface area contributed by atoms with Crippen molar-refractivity contribution in [1.82, 2.24) is 15.5 Å². The molecule has 7 nitrogen and oxygen atoms in total. The molecule has 0 spiro atoms. The monoisotopic (exact) mass is 469 g/mol. The molecule has 4 atom stereocenters. The Hall–Kier alpha value is -2.94. The molecule has 182 valence electrons. The van der Waals surface area contributed by atoms with E-state index in [0.717, 1.165) is 36.3 Å². The highest BCUT2D eigenvalue weighted by atomic mass is 19.1. The first-order valence-electron chi connectivity index (χ1n) is 11.8. The minimum atomic E-state index is -1.07. The summed E-state index contributed by atoms with van der Waals surface area (Å²) in [5, 5.41) is 17.7. The van der Waals surface area contributed by atoms with E-state index in [0.29, 0.717) is 13.1 Å². The Balaban J connectivity index is 1.57. The van der Waals surface area contributed by atoms with E-state index in [4.69, 9.17) is 4.74 Å². The van der Waals surface area contributed by atoms with Gasteiger partial charge in [-0.15, -0.1) is 0 Å². The average Bonchev–Trinajstić information content (AvgIpc) is 2.82. The number of nitrogens with one attached hydrogen (secondary N) is 2. The van der Waals surface area contributed by atoms with Crippen LogP contribution in [0.25, 0.3) is 0 Å². The van der Waals surface area contributed by atoms with Gasteiger partial charge in [0, 0.05) is 12.2 Å². The number of allylic oxidation sites excluding steroid dienone is 1. The number of urea groups is 1. The van der Waals surface area contributed by atoms with Gasteiger partial charge in [-0.1, -0.05) is 30.3 Å². The Labute approximate surface area is 200 Å². The molecule has 0 radical (unpaired) electrons. The quantitative estimate of drug-likeness (QED) is 0.537. The zero-order chi connectivity index (χ0) is 24.3. The van der Waals surface area contributed by atoms with Gasteiger partial charge in [-0.05, 0) is 69.0 Å². The lowest BCUT2D eigenvalue weighted by molar-refractivity contribution is -0.900. The highest BCUT2D eigenvalue weighted by molar-refractivity contribution is 5.67. The number of aliphatic hydroxyl groups is 1. The third kappa shape index (κ3) is 5.09. The lowest BCUT2D eigenvalue weighted by Crippen LogP contribution is -2.77. The fourth-order valence-corrected chi connectivity index (χ4v) is 4.58. The molecule has 1 aliphatic heterocycles. The number of benzene rings is 2. The zero-order valence-electron chi connectivity index (χ0n) is 20.0. The molecule has 2 amide bonds. The highest BCUT2D eigenvalue weighted by Gasteiger charge is 2.50. The molecule has 4 rings (SSSR count). The van der Waals surface area contributed by atoms with Crippen LogP contribution in [-0.2, 0) is 6.54 Å². The maximum atomic E-state index is 13.4. The third-order valence-electron chi connectivity index (χ3n) is 6.81. The van der Waals surface area contributed by atoms with Crippen LogP contribution >= 0.6 is 0 Å². The Morgan fingerprint density at radius 3 is 2.62 bits per heavy atom. The van der Waals surface area contributed by atoms with Crippen molar-refractivity contribution in [2.24, 2.45) is 0 Å². The molecule has 34 heavy (non-hydrogen) atoms. The zero-order valence-corrected chi connectivity index (χ0v) is 20.0. The van der Waals surface area contributed by atoms with Crippen molar-refractivity contribution in [3.8, 4) is 5.75 Å². The summed E-state index contributed by atoms with van der Waals surface area (Å²) in [6.45, 7) is 4.67. The van der Waals surface area contributed by atoms with E-state index in [1.54, 1.807) is 24.1 Å². The fraction of sp³-hybridized carbons (Fsp3) is 0.423. The fourth-order valence-electron chi connectivity index (χ4n) is 4.58. The summed E-state index contributed by atoms with van der Waals surface area (Å²) >= 11 is 0. The number of carbonyl (C=O) groups excluding carboxylic acids is 1. The number of amides is 2. The summed E-state index contributed by atoms with van der Waals surface area (Å²) in [6.07, 6.45) is 2.97. The smallest absolute Gasteiger partial charge is 0.422 e. The molecule has 3 N–H and O–H groups in total. The minimum absolute atomic E-state index is 0.187. The first-order chi connectivity index (χ1) is 16.2. The van der Waals surface area contributed by atoms with E-state index < -0.39 is 18.2 Å². The number of rotatable bonds is 7. The van der Waals surface area contributed by atoms with Crippen LogP contribution in [0.2, 0.25) is 0 Å². The summed E-state index contributed by atoms with van der Waals surface area (Å²) in [5.74, 6) is 0.489. The summed E-state index contributed by atoms with van der Waals surface area (Å²) in [7, 11) is 1.71. The standard InChI is InChI=1S/C26H33FN4O3/c1-4-31(3)24(32)29-23(30(25(31)33)18-19-12-14-20(27)15-13-19)28-21-9-8-16-26(2,17-21)34-22-10-6-5-7-11-22/h5-7,10-15,17,23,25,28,33H,4,8-9,16,18H2,1-3H3/p+1. The normalized spacial score (nSPS) is 29.8. The molecule has 4 unspecified atom stereocenters. The highest BCUT2D eigenvalue weighted by Crippen LogP contribution is 2.31. The Bertz CT molecular complexity index is 1030. The van der Waals surface area contributed by atoms with E-state index in [1.165, 1.54) is 12.1 Å². The van der Waals surface area contributed by atoms with Gasteiger partial charge in [-0.2, -0.15) is 4.90 Å². The van der Waals surface area contributed by atoms with E-state index in [1.807, 2.05) is 37.3 Å². The predicted octanol–water partition coefficient (Wildman–Crippen LogP) is 3.87. The molecule has 1 saturated heterocycles. The number of hydrogen-bond acceptors (Lipinski definition) is 5. The van der Waals surface area contributed by atoms with Gasteiger partial charge in [0.15, 0.2) is 6.29 Å². The molecule has 0 aromatic heterocycles. The average molecular weight is 470 g/mol. The van der Waals surface area contributed by atoms with Crippen LogP contribution in [0.15, 0.2) is 66.4 Å². The van der Waals surface area contributed by atoms with Gasteiger partial charge in [0.05, 0.1) is 13.6 Å². The van der Waals surface area contributed by atoms with Crippen LogP contribution in [0.5, 0.6) is 5.75 Å². The molecular formula is C26H34FN4O3+. The maximum absolute atomic E-state index is 13.4. The second-order valence-corrected chi connectivity index (χ2v) is 9.48. The van der Waals surface area contributed by atoms with Crippen LogP contribution in [0, 0.1) is 5.82 Å². The van der Waals surface area contributed by atoms with E-state index in [2.05, 4.69) is 23.6 Å².